The van der Waals surface area contributed by atoms with Gasteiger partial charge in [0.05, 0.1) is 6.10 Å². The fraction of sp³-hybridized carbons (Fsp3) is 1.00. The van der Waals surface area contributed by atoms with Gasteiger partial charge in [-0.3, -0.25) is 4.57 Å². The van der Waals surface area contributed by atoms with E-state index in [0.717, 1.165) is 19.3 Å². The van der Waals surface area contributed by atoms with Crippen molar-refractivity contribution < 1.29 is 13.6 Å². The lowest BCUT2D eigenvalue weighted by atomic mass is 10.2. The van der Waals surface area contributed by atoms with E-state index in [9.17, 15) is 4.57 Å². The zero-order chi connectivity index (χ0) is 9.61. The molecule has 0 radical (unpaired) electrons. The molecule has 0 fully saturated rings. The quantitative estimate of drug-likeness (QED) is 0.609. The van der Waals surface area contributed by atoms with Crippen molar-refractivity contribution in [2.75, 3.05) is 13.8 Å². The summed E-state index contributed by atoms with van der Waals surface area (Å²) in [6.07, 6.45) is 2.94. The zero-order valence-corrected chi connectivity index (χ0v) is 9.27. The molecule has 0 bridgehead atoms. The molecular formula is C8H19O3P. The lowest BCUT2D eigenvalue weighted by Crippen LogP contribution is -2.09. The van der Waals surface area contributed by atoms with Crippen LogP contribution in [0.3, 0.4) is 0 Å². The largest absolute Gasteiger partial charge is 0.327 e. The predicted octanol–water partition coefficient (Wildman–Crippen LogP) is 3.05. The molecule has 0 aliphatic rings. The van der Waals surface area contributed by atoms with Crippen LogP contribution in [-0.2, 0) is 13.6 Å². The van der Waals surface area contributed by atoms with Crippen LogP contribution in [0.5, 0.6) is 0 Å². The molecule has 0 heterocycles. The molecule has 3 nitrogen and oxygen atoms in total. The summed E-state index contributed by atoms with van der Waals surface area (Å²) in [5.74, 6) is 0. The Morgan fingerprint density at radius 2 is 2.00 bits per heavy atom. The molecule has 0 saturated carbocycles. The molecule has 0 aromatic carbocycles. The molecule has 0 aromatic heterocycles. The molecule has 0 N–H and O–H groups in total. The lowest BCUT2D eigenvalue weighted by Gasteiger charge is -2.19. The van der Waals surface area contributed by atoms with Crippen LogP contribution < -0.4 is 0 Å². The molecule has 4 heteroatoms. The maximum atomic E-state index is 11.4. The van der Waals surface area contributed by atoms with Gasteiger partial charge in [0.1, 0.15) is 0 Å². The van der Waals surface area contributed by atoms with Crippen LogP contribution >= 0.6 is 7.60 Å². The molecule has 0 aliphatic carbocycles. The molecule has 12 heavy (non-hydrogen) atoms. The Kier molecular flexibility index (Phi) is 5.81. The van der Waals surface area contributed by atoms with Crippen molar-refractivity contribution in [1.82, 2.24) is 0 Å². The van der Waals surface area contributed by atoms with Crippen molar-refractivity contribution in [1.29, 1.82) is 0 Å². The van der Waals surface area contributed by atoms with Gasteiger partial charge in [0.2, 0.25) is 0 Å². The van der Waals surface area contributed by atoms with E-state index >= 15 is 0 Å². The first-order chi connectivity index (χ1) is 5.55. The summed E-state index contributed by atoms with van der Waals surface area (Å²) in [6.45, 7) is 5.61. The topological polar surface area (TPSA) is 35.5 Å². The van der Waals surface area contributed by atoms with Crippen molar-refractivity contribution in [3.8, 4) is 0 Å². The Bertz CT molecular complexity index is 158. The highest BCUT2D eigenvalue weighted by Gasteiger charge is 2.19. The SMILES string of the molecule is CCCC(CC)OP(C)(=O)OC. The van der Waals surface area contributed by atoms with E-state index in [-0.39, 0.29) is 6.10 Å². The van der Waals surface area contributed by atoms with Crippen LogP contribution in [0.25, 0.3) is 0 Å². The monoisotopic (exact) mass is 194 g/mol. The van der Waals surface area contributed by atoms with Crippen LogP contribution in [0.4, 0.5) is 0 Å². The first kappa shape index (κ1) is 12.2. The minimum absolute atomic E-state index is 0.0748. The van der Waals surface area contributed by atoms with E-state index in [1.807, 2.05) is 6.92 Å². The minimum atomic E-state index is -2.78. The summed E-state index contributed by atoms with van der Waals surface area (Å²) in [5, 5.41) is 0. The second-order valence-electron chi connectivity index (χ2n) is 2.88. The van der Waals surface area contributed by atoms with Crippen LogP contribution in [0.15, 0.2) is 0 Å². The van der Waals surface area contributed by atoms with Crippen molar-refractivity contribution in [3.63, 3.8) is 0 Å². The third-order valence-electron chi connectivity index (χ3n) is 1.74. The molecule has 0 aliphatic heterocycles. The Morgan fingerprint density at radius 1 is 1.42 bits per heavy atom. The van der Waals surface area contributed by atoms with Gasteiger partial charge < -0.3 is 9.05 Å². The van der Waals surface area contributed by atoms with Crippen LogP contribution in [0.2, 0.25) is 0 Å². The molecular weight excluding hydrogens is 175 g/mol. The van der Waals surface area contributed by atoms with E-state index in [2.05, 4.69) is 6.92 Å². The lowest BCUT2D eigenvalue weighted by molar-refractivity contribution is 0.152. The van der Waals surface area contributed by atoms with Gasteiger partial charge in [-0.2, -0.15) is 0 Å². The molecule has 2 unspecified atom stereocenters. The molecule has 0 saturated heterocycles. The summed E-state index contributed by atoms with van der Waals surface area (Å²) in [7, 11) is -1.36. The predicted molar refractivity (Wildman–Crippen MR) is 50.6 cm³/mol. The van der Waals surface area contributed by atoms with E-state index in [1.54, 1.807) is 0 Å². The fourth-order valence-electron chi connectivity index (χ4n) is 0.967. The third-order valence-corrected chi connectivity index (χ3v) is 3.08. The highest BCUT2D eigenvalue weighted by atomic mass is 31.2. The first-order valence-electron chi connectivity index (χ1n) is 4.37. The Morgan fingerprint density at radius 3 is 2.33 bits per heavy atom. The summed E-state index contributed by atoms with van der Waals surface area (Å²) < 4.78 is 21.4. The third kappa shape index (κ3) is 4.91. The van der Waals surface area contributed by atoms with Crippen molar-refractivity contribution in [2.45, 2.75) is 39.2 Å². The average molecular weight is 194 g/mol. The van der Waals surface area contributed by atoms with Gasteiger partial charge in [0.15, 0.2) is 0 Å². The molecule has 0 rings (SSSR count). The molecule has 0 aromatic rings. The number of rotatable bonds is 6. The maximum absolute atomic E-state index is 11.4. The van der Waals surface area contributed by atoms with Crippen molar-refractivity contribution >= 4 is 7.60 Å². The normalized spacial score (nSPS) is 18.7. The standard InChI is InChI=1S/C8H19O3P/c1-5-7-8(6-2)11-12(4,9)10-3/h8H,5-7H2,1-4H3. The zero-order valence-electron chi connectivity index (χ0n) is 8.37. The smallest absolute Gasteiger partial charge is 0.312 e. The summed E-state index contributed by atoms with van der Waals surface area (Å²) >= 11 is 0. The molecule has 2 atom stereocenters. The number of hydrogen-bond donors (Lipinski definition) is 0. The summed E-state index contributed by atoms with van der Waals surface area (Å²) in [5.41, 5.74) is 0. The Hall–Kier alpha value is 0.150. The van der Waals surface area contributed by atoms with Gasteiger partial charge >= 0.3 is 7.60 Å². The van der Waals surface area contributed by atoms with E-state index < -0.39 is 7.60 Å². The Labute approximate surface area is 75.0 Å². The van der Waals surface area contributed by atoms with E-state index in [1.165, 1.54) is 13.8 Å². The fourth-order valence-corrected chi connectivity index (χ4v) is 1.85. The highest BCUT2D eigenvalue weighted by Crippen LogP contribution is 2.45. The van der Waals surface area contributed by atoms with Crippen LogP contribution in [0.1, 0.15) is 33.1 Å². The maximum Gasteiger partial charge on any atom is 0.327 e. The minimum Gasteiger partial charge on any atom is -0.312 e. The van der Waals surface area contributed by atoms with Gasteiger partial charge in [-0.25, -0.2) is 0 Å². The second-order valence-corrected chi connectivity index (χ2v) is 5.00. The van der Waals surface area contributed by atoms with Gasteiger partial charge in [0.25, 0.3) is 0 Å². The van der Waals surface area contributed by atoms with Crippen molar-refractivity contribution in [3.05, 3.63) is 0 Å². The molecule has 0 spiro atoms. The Balaban J connectivity index is 3.92. The van der Waals surface area contributed by atoms with Gasteiger partial charge in [0, 0.05) is 13.8 Å². The highest BCUT2D eigenvalue weighted by molar-refractivity contribution is 7.52. The summed E-state index contributed by atoms with van der Waals surface area (Å²) in [4.78, 5) is 0. The number of hydrogen-bond acceptors (Lipinski definition) is 3. The van der Waals surface area contributed by atoms with Gasteiger partial charge in [-0.1, -0.05) is 20.3 Å². The average Bonchev–Trinajstić information content (AvgIpc) is 2.03. The van der Waals surface area contributed by atoms with E-state index in [0.29, 0.717) is 0 Å². The van der Waals surface area contributed by atoms with Crippen LogP contribution in [-0.4, -0.2) is 19.9 Å². The molecule has 0 amide bonds. The van der Waals surface area contributed by atoms with E-state index in [4.69, 9.17) is 9.05 Å². The summed E-state index contributed by atoms with van der Waals surface area (Å²) in [6, 6.07) is 0. The van der Waals surface area contributed by atoms with Gasteiger partial charge in [-0.15, -0.1) is 0 Å². The first-order valence-corrected chi connectivity index (χ1v) is 6.36. The van der Waals surface area contributed by atoms with Crippen molar-refractivity contribution in [2.24, 2.45) is 0 Å². The van der Waals surface area contributed by atoms with Gasteiger partial charge in [-0.05, 0) is 12.8 Å². The second kappa shape index (κ2) is 5.74. The molecule has 74 valence electrons. The van der Waals surface area contributed by atoms with Crippen LogP contribution in [0, 0.1) is 0 Å².